The van der Waals surface area contributed by atoms with E-state index < -0.39 is 17.6 Å². The predicted molar refractivity (Wildman–Crippen MR) is 79.2 cm³/mol. The summed E-state index contributed by atoms with van der Waals surface area (Å²) in [4.78, 5) is 12.8. The molecule has 0 atom stereocenters. The summed E-state index contributed by atoms with van der Waals surface area (Å²) in [5.41, 5.74) is -1.34. The van der Waals surface area contributed by atoms with Gasteiger partial charge in [-0.2, -0.15) is 13.2 Å². The molecule has 0 saturated heterocycles. The number of halogens is 3. The second kappa shape index (κ2) is 5.88. The maximum Gasteiger partial charge on any atom is 0.418 e. The van der Waals surface area contributed by atoms with Crippen LogP contribution >= 0.6 is 11.3 Å². The molecule has 8 heteroatoms. The van der Waals surface area contributed by atoms with E-state index in [4.69, 9.17) is 4.52 Å². The molecule has 0 aliphatic carbocycles. The van der Waals surface area contributed by atoms with Gasteiger partial charge in [-0.05, 0) is 23.6 Å². The van der Waals surface area contributed by atoms with Gasteiger partial charge in [-0.25, -0.2) is 0 Å². The summed E-state index contributed by atoms with van der Waals surface area (Å²) in [6.45, 7) is 0. The summed E-state index contributed by atoms with van der Waals surface area (Å²) in [6, 6.07) is 9.72. The van der Waals surface area contributed by atoms with Gasteiger partial charge < -0.3 is 9.84 Å². The first kappa shape index (κ1) is 15.3. The molecule has 23 heavy (non-hydrogen) atoms. The van der Waals surface area contributed by atoms with Crippen molar-refractivity contribution in [1.82, 2.24) is 5.16 Å². The van der Waals surface area contributed by atoms with Gasteiger partial charge in [-0.1, -0.05) is 23.4 Å². The Kier molecular flexibility index (Phi) is 3.91. The Morgan fingerprint density at radius 3 is 2.65 bits per heavy atom. The number of anilines is 1. The normalized spacial score (nSPS) is 11.4. The maximum atomic E-state index is 12.9. The van der Waals surface area contributed by atoms with E-state index in [9.17, 15) is 18.0 Å². The van der Waals surface area contributed by atoms with Crippen molar-refractivity contribution in [1.29, 1.82) is 0 Å². The van der Waals surface area contributed by atoms with Crippen LogP contribution in [0.25, 0.3) is 10.6 Å². The predicted octanol–water partition coefficient (Wildman–Crippen LogP) is 4.67. The number of hydrogen-bond acceptors (Lipinski definition) is 4. The molecule has 0 radical (unpaired) electrons. The Balaban J connectivity index is 1.83. The lowest BCUT2D eigenvalue weighted by atomic mass is 10.1. The van der Waals surface area contributed by atoms with Gasteiger partial charge in [0.2, 0.25) is 0 Å². The number of carbonyl (C=O) groups excluding carboxylic acids is 1. The molecule has 1 aromatic carbocycles. The van der Waals surface area contributed by atoms with Crippen LogP contribution in [0.2, 0.25) is 0 Å². The van der Waals surface area contributed by atoms with Crippen molar-refractivity contribution in [3.63, 3.8) is 0 Å². The number of para-hydroxylation sites is 1. The highest BCUT2D eigenvalue weighted by Gasteiger charge is 2.33. The lowest BCUT2D eigenvalue weighted by molar-refractivity contribution is -0.136. The van der Waals surface area contributed by atoms with Crippen molar-refractivity contribution in [3.05, 3.63) is 59.1 Å². The molecule has 0 aliphatic rings. The molecule has 0 spiro atoms. The van der Waals surface area contributed by atoms with E-state index in [0.29, 0.717) is 5.76 Å². The van der Waals surface area contributed by atoms with E-state index in [1.54, 1.807) is 6.07 Å². The molecule has 0 saturated carbocycles. The molecule has 0 bridgehead atoms. The number of rotatable bonds is 3. The third-order valence-electron chi connectivity index (χ3n) is 2.99. The summed E-state index contributed by atoms with van der Waals surface area (Å²) in [6.07, 6.45) is -4.56. The summed E-state index contributed by atoms with van der Waals surface area (Å²) in [5.74, 6) is -0.387. The number of carbonyl (C=O) groups is 1. The molecule has 118 valence electrons. The Bertz CT molecular complexity index is 825. The molecule has 0 unspecified atom stereocenters. The number of benzene rings is 1. The maximum absolute atomic E-state index is 12.9. The van der Waals surface area contributed by atoms with Gasteiger partial charge in [0.25, 0.3) is 5.91 Å². The van der Waals surface area contributed by atoms with Crippen LogP contribution in [0.5, 0.6) is 0 Å². The van der Waals surface area contributed by atoms with Gasteiger partial charge >= 0.3 is 6.18 Å². The number of nitrogens with zero attached hydrogens (tertiary/aromatic N) is 1. The van der Waals surface area contributed by atoms with Crippen molar-refractivity contribution >= 4 is 22.9 Å². The number of thiophene rings is 1. The Morgan fingerprint density at radius 1 is 1.17 bits per heavy atom. The number of hydrogen-bond donors (Lipinski definition) is 1. The largest absolute Gasteiger partial charge is 0.418 e. The molecule has 2 heterocycles. The third kappa shape index (κ3) is 3.26. The zero-order valence-electron chi connectivity index (χ0n) is 11.4. The first-order valence-electron chi connectivity index (χ1n) is 6.43. The Hall–Kier alpha value is -2.61. The lowest BCUT2D eigenvalue weighted by Gasteiger charge is -2.12. The molecule has 3 rings (SSSR count). The molecule has 4 nitrogen and oxygen atoms in total. The van der Waals surface area contributed by atoms with E-state index in [1.807, 2.05) is 11.4 Å². The van der Waals surface area contributed by atoms with E-state index in [2.05, 4.69) is 10.5 Å². The first-order chi connectivity index (χ1) is 10.9. The minimum atomic E-state index is -4.56. The number of alkyl halides is 3. The second-order valence-corrected chi connectivity index (χ2v) is 5.50. The van der Waals surface area contributed by atoms with Crippen molar-refractivity contribution in [2.75, 3.05) is 5.32 Å². The van der Waals surface area contributed by atoms with Crippen molar-refractivity contribution < 1.29 is 22.5 Å². The van der Waals surface area contributed by atoms with Gasteiger partial charge in [0.1, 0.15) is 0 Å². The summed E-state index contributed by atoms with van der Waals surface area (Å²) in [7, 11) is 0. The molecule has 0 fully saturated rings. The Labute approximate surface area is 132 Å². The topological polar surface area (TPSA) is 55.1 Å². The van der Waals surface area contributed by atoms with Crippen molar-refractivity contribution in [3.8, 4) is 10.6 Å². The quantitative estimate of drug-likeness (QED) is 0.755. The van der Waals surface area contributed by atoms with Crippen LogP contribution < -0.4 is 5.32 Å². The van der Waals surface area contributed by atoms with Gasteiger partial charge in [0, 0.05) is 6.07 Å². The highest BCUT2D eigenvalue weighted by Crippen LogP contribution is 2.34. The van der Waals surface area contributed by atoms with E-state index >= 15 is 0 Å². The van der Waals surface area contributed by atoms with Gasteiger partial charge in [0.15, 0.2) is 11.5 Å². The fourth-order valence-electron chi connectivity index (χ4n) is 1.94. The zero-order valence-corrected chi connectivity index (χ0v) is 12.2. The van der Waals surface area contributed by atoms with E-state index in [0.717, 1.165) is 10.9 Å². The standard InChI is InChI=1S/C15H9F3N2O2S/c16-15(17,18)9-4-1-2-5-10(9)19-14(21)11-8-12(22-20-11)13-6-3-7-23-13/h1-8H,(H,19,21). The molecule has 1 N–H and O–H groups in total. The average Bonchev–Trinajstić information content (AvgIpc) is 3.18. The zero-order chi connectivity index (χ0) is 16.4. The fourth-order valence-corrected chi connectivity index (χ4v) is 2.62. The highest BCUT2D eigenvalue weighted by molar-refractivity contribution is 7.13. The minimum absolute atomic E-state index is 0.0922. The third-order valence-corrected chi connectivity index (χ3v) is 3.87. The summed E-state index contributed by atoms with van der Waals surface area (Å²) >= 11 is 1.40. The van der Waals surface area contributed by atoms with Gasteiger partial charge in [-0.3, -0.25) is 4.79 Å². The lowest BCUT2D eigenvalue weighted by Crippen LogP contribution is -2.16. The molecule has 3 aromatic rings. The van der Waals surface area contributed by atoms with Crippen LogP contribution in [-0.4, -0.2) is 11.1 Å². The fraction of sp³-hybridized carbons (Fsp3) is 0.0667. The first-order valence-corrected chi connectivity index (χ1v) is 7.31. The van der Waals surface area contributed by atoms with Crippen LogP contribution in [0.4, 0.5) is 18.9 Å². The van der Waals surface area contributed by atoms with Crippen LogP contribution in [0.1, 0.15) is 16.1 Å². The molecule has 0 aliphatic heterocycles. The van der Waals surface area contributed by atoms with Crippen LogP contribution in [0, 0.1) is 0 Å². The van der Waals surface area contributed by atoms with E-state index in [1.165, 1.54) is 35.6 Å². The summed E-state index contributed by atoms with van der Waals surface area (Å²) < 4.78 is 43.8. The van der Waals surface area contributed by atoms with Crippen molar-refractivity contribution in [2.24, 2.45) is 0 Å². The molecular formula is C15H9F3N2O2S. The summed E-state index contributed by atoms with van der Waals surface area (Å²) in [5, 5.41) is 7.64. The van der Waals surface area contributed by atoms with Crippen LogP contribution in [0.3, 0.4) is 0 Å². The highest BCUT2D eigenvalue weighted by atomic mass is 32.1. The van der Waals surface area contributed by atoms with Gasteiger partial charge in [-0.15, -0.1) is 11.3 Å². The molecule has 2 aromatic heterocycles. The minimum Gasteiger partial charge on any atom is -0.355 e. The number of nitrogens with one attached hydrogen (secondary N) is 1. The van der Waals surface area contributed by atoms with E-state index in [-0.39, 0.29) is 11.4 Å². The smallest absolute Gasteiger partial charge is 0.355 e. The Morgan fingerprint density at radius 2 is 1.96 bits per heavy atom. The van der Waals surface area contributed by atoms with Crippen LogP contribution in [-0.2, 0) is 6.18 Å². The number of amides is 1. The van der Waals surface area contributed by atoms with Gasteiger partial charge in [0.05, 0.1) is 16.1 Å². The SMILES string of the molecule is O=C(Nc1ccccc1C(F)(F)F)c1cc(-c2cccs2)on1. The molecular weight excluding hydrogens is 329 g/mol. The average molecular weight is 338 g/mol. The second-order valence-electron chi connectivity index (χ2n) is 4.55. The van der Waals surface area contributed by atoms with Crippen LogP contribution in [0.15, 0.2) is 52.4 Å². The molecule has 1 amide bonds. The number of aromatic nitrogens is 1. The monoisotopic (exact) mass is 338 g/mol. The van der Waals surface area contributed by atoms with Crippen molar-refractivity contribution in [2.45, 2.75) is 6.18 Å².